The number of amides is 1. The number of thioether (sulfide) groups is 1. The fourth-order valence-corrected chi connectivity index (χ4v) is 6.13. The summed E-state index contributed by atoms with van der Waals surface area (Å²) in [5.41, 5.74) is 1.81. The minimum atomic E-state index is -2.63. The first kappa shape index (κ1) is 22.6. The minimum Gasteiger partial charge on any atom is -0.755 e. The summed E-state index contributed by atoms with van der Waals surface area (Å²) in [4.78, 5) is 15.8. The molecule has 3 aromatic rings. The van der Waals surface area contributed by atoms with Crippen LogP contribution in [0.4, 0.5) is 5.69 Å². The Morgan fingerprint density at radius 1 is 1.26 bits per heavy atom. The van der Waals surface area contributed by atoms with Crippen LogP contribution in [0, 0.1) is 0 Å². The zero-order valence-corrected chi connectivity index (χ0v) is 20.5. The summed E-state index contributed by atoms with van der Waals surface area (Å²) in [5.74, 6) is -0.542. The average Bonchev–Trinajstić information content (AvgIpc) is 3.24. The van der Waals surface area contributed by atoms with Crippen molar-refractivity contribution < 1.29 is 18.1 Å². The molecule has 0 spiro atoms. The highest BCUT2D eigenvalue weighted by atomic mass is 35.5. The molecular weight excluding hydrogens is 497 g/mol. The molecule has 2 aromatic carbocycles. The third-order valence-electron chi connectivity index (χ3n) is 4.82. The van der Waals surface area contributed by atoms with E-state index in [1.807, 2.05) is 30.3 Å². The quantitative estimate of drug-likeness (QED) is 0.366. The van der Waals surface area contributed by atoms with E-state index in [0.29, 0.717) is 14.4 Å². The van der Waals surface area contributed by atoms with Crippen molar-refractivity contribution in [2.24, 2.45) is 0 Å². The first-order valence-corrected chi connectivity index (χ1v) is 12.6. The van der Waals surface area contributed by atoms with Crippen LogP contribution in [-0.4, -0.2) is 32.6 Å². The van der Waals surface area contributed by atoms with Gasteiger partial charge in [-0.1, -0.05) is 46.3 Å². The minimum absolute atomic E-state index is 0.125. The van der Waals surface area contributed by atoms with Crippen LogP contribution in [0.15, 0.2) is 46.3 Å². The van der Waals surface area contributed by atoms with Gasteiger partial charge in [0.15, 0.2) is 0 Å². The molecule has 0 aliphatic carbocycles. The second-order valence-electron chi connectivity index (χ2n) is 6.69. The van der Waals surface area contributed by atoms with E-state index in [1.54, 1.807) is 28.5 Å². The fraction of sp³-hybridized carbons (Fsp3) is 0.200. The average molecular weight is 514 g/mol. The maximum Gasteiger partial charge on any atom is 0.299 e. The van der Waals surface area contributed by atoms with Crippen molar-refractivity contribution in [1.82, 2.24) is 4.31 Å². The summed E-state index contributed by atoms with van der Waals surface area (Å²) in [6.45, 7) is 2.68. The van der Waals surface area contributed by atoms with Gasteiger partial charge >= 0.3 is 0 Å². The Balaban J connectivity index is 1.80. The van der Waals surface area contributed by atoms with E-state index < -0.39 is 17.2 Å². The van der Waals surface area contributed by atoms with E-state index in [0.717, 1.165) is 37.4 Å². The lowest BCUT2D eigenvalue weighted by Crippen LogP contribution is -2.45. The highest BCUT2D eigenvalue weighted by molar-refractivity contribution is 8.03. The molecule has 1 amide bonds. The van der Waals surface area contributed by atoms with Gasteiger partial charge in [0.05, 0.1) is 16.8 Å². The van der Waals surface area contributed by atoms with Crippen LogP contribution in [-0.2, 0) is 22.6 Å². The van der Waals surface area contributed by atoms with Crippen molar-refractivity contribution in [2.75, 3.05) is 18.5 Å². The van der Waals surface area contributed by atoms with Crippen molar-refractivity contribution in [3.63, 3.8) is 0 Å². The largest absolute Gasteiger partial charge is 0.755 e. The molecule has 0 saturated heterocycles. The molecule has 1 aliphatic heterocycles. The summed E-state index contributed by atoms with van der Waals surface area (Å²) in [6.07, 6.45) is 2.02. The Bertz CT molecular complexity index is 1250. The highest BCUT2D eigenvalue weighted by Gasteiger charge is 2.29. The predicted octanol–water partition coefficient (Wildman–Crippen LogP) is 4.68. The molecule has 0 saturated carbocycles. The standard InChI is InChI=1S/C20H17Cl2N3O3S3/c1-3-24-14-8-12(21)4-6-16(14)29-19(24)10-20-25(11-18(26)23(2)31(27)28)15-9-13(22)5-7-17(15)30-20/h4-10H,3,11H2,1-2H3. The van der Waals surface area contributed by atoms with Gasteiger partial charge in [-0.05, 0) is 37.3 Å². The van der Waals surface area contributed by atoms with E-state index >= 15 is 0 Å². The van der Waals surface area contributed by atoms with Crippen molar-refractivity contribution in [2.45, 2.75) is 18.4 Å². The molecule has 0 N–H and O–H groups in total. The number of carbonyl (C=O) groups excluding carboxylic acids is 1. The Morgan fingerprint density at radius 3 is 2.68 bits per heavy atom. The second-order valence-corrected chi connectivity index (χ2v) is 10.7. The first-order valence-electron chi connectivity index (χ1n) is 9.23. The SMILES string of the molecule is CCN1/C(=C/c2sc3ccc(Cl)cc3[n+]2CC(=O)N(C)S(=O)[O-])Sc2ccc(Cl)cc21. The van der Waals surface area contributed by atoms with Gasteiger partial charge in [-0.25, -0.2) is 0 Å². The number of likely N-dealkylation sites (N-methyl/N-ethyl adjacent to an activating group) is 1. The molecule has 0 radical (unpaired) electrons. The third kappa shape index (κ3) is 4.48. The molecule has 2 heterocycles. The van der Waals surface area contributed by atoms with Gasteiger partial charge in [0, 0.05) is 45.9 Å². The number of fused-ring (bicyclic) bond motifs is 2. The van der Waals surface area contributed by atoms with E-state index in [2.05, 4.69) is 11.8 Å². The van der Waals surface area contributed by atoms with Crippen LogP contribution in [0.25, 0.3) is 16.3 Å². The van der Waals surface area contributed by atoms with Crippen molar-refractivity contribution in [3.05, 3.63) is 56.5 Å². The van der Waals surface area contributed by atoms with Gasteiger partial charge in [-0.15, -0.1) is 0 Å². The number of nitrogens with zero attached hydrogens (tertiary/aromatic N) is 3. The molecule has 6 nitrogen and oxygen atoms in total. The monoisotopic (exact) mass is 513 g/mol. The number of thiazole rings is 1. The number of hydrogen-bond donors (Lipinski definition) is 0. The summed E-state index contributed by atoms with van der Waals surface area (Å²) < 4.78 is 25.9. The van der Waals surface area contributed by atoms with Gasteiger partial charge in [0.2, 0.25) is 12.1 Å². The molecule has 1 aliphatic rings. The molecule has 11 heteroatoms. The van der Waals surface area contributed by atoms with Crippen LogP contribution >= 0.6 is 46.3 Å². The molecule has 162 valence electrons. The molecule has 1 aromatic heterocycles. The number of rotatable bonds is 5. The molecule has 0 bridgehead atoms. The number of aromatic nitrogens is 1. The fourth-order valence-electron chi connectivity index (χ4n) is 3.28. The Hall–Kier alpha value is -1.62. The van der Waals surface area contributed by atoms with E-state index in [4.69, 9.17) is 23.2 Å². The van der Waals surface area contributed by atoms with Gasteiger partial charge < -0.3 is 9.45 Å². The van der Waals surface area contributed by atoms with Crippen LogP contribution < -0.4 is 9.47 Å². The van der Waals surface area contributed by atoms with Crippen molar-refractivity contribution in [1.29, 1.82) is 0 Å². The number of hydrogen-bond acceptors (Lipinski definition) is 6. The summed E-state index contributed by atoms with van der Waals surface area (Å²) in [5, 5.41) is 3.03. The lowest BCUT2D eigenvalue weighted by atomic mass is 10.3. The highest BCUT2D eigenvalue weighted by Crippen LogP contribution is 2.47. The van der Waals surface area contributed by atoms with Crippen LogP contribution in [0.2, 0.25) is 10.0 Å². The third-order valence-corrected chi connectivity index (χ3v) is 8.16. The smallest absolute Gasteiger partial charge is 0.299 e. The van der Waals surface area contributed by atoms with E-state index in [9.17, 15) is 13.6 Å². The zero-order chi connectivity index (χ0) is 22.3. The normalized spacial score (nSPS) is 15.5. The summed E-state index contributed by atoms with van der Waals surface area (Å²) in [6, 6.07) is 11.3. The van der Waals surface area contributed by atoms with Gasteiger partial charge in [0.1, 0.15) is 4.70 Å². The van der Waals surface area contributed by atoms with Gasteiger partial charge in [0.25, 0.3) is 10.9 Å². The lowest BCUT2D eigenvalue weighted by molar-refractivity contribution is -0.656. The number of halogens is 2. The molecule has 1 atom stereocenters. The first-order chi connectivity index (χ1) is 14.8. The Labute approximate surface area is 200 Å². The van der Waals surface area contributed by atoms with Gasteiger partial charge in [-0.3, -0.25) is 13.3 Å². The maximum atomic E-state index is 12.5. The van der Waals surface area contributed by atoms with Gasteiger partial charge in [-0.2, -0.15) is 4.57 Å². The molecule has 31 heavy (non-hydrogen) atoms. The predicted molar refractivity (Wildman–Crippen MR) is 127 cm³/mol. The lowest BCUT2D eigenvalue weighted by Gasteiger charge is -2.18. The van der Waals surface area contributed by atoms with Crippen molar-refractivity contribution in [3.8, 4) is 0 Å². The summed E-state index contributed by atoms with van der Waals surface area (Å²) >= 11 is 12.9. The zero-order valence-electron chi connectivity index (χ0n) is 16.5. The number of carbonyl (C=O) groups is 1. The van der Waals surface area contributed by atoms with Crippen LogP contribution in [0.5, 0.6) is 0 Å². The number of anilines is 1. The Kier molecular flexibility index (Phi) is 6.62. The molecule has 0 fully saturated rings. The molecular formula is C20H17Cl2N3O3S3. The molecule has 4 rings (SSSR count). The van der Waals surface area contributed by atoms with Crippen LogP contribution in [0.1, 0.15) is 11.9 Å². The molecule has 1 unspecified atom stereocenters. The maximum absolute atomic E-state index is 12.5. The van der Waals surface area contributed by atoms with E-state index in [-0.39, 0.29) is 6.54 Å². The summed E-state index contributed by atoms with van der Waals surface area (Å²) in [7, 11) is 1.23. The van der Waals surface area contributed by atoms with Crippen LogP contribution in [0.3, 0.4) is 0 Å². The number of benzene rings is 2. The van der Waals surface area contributed by atoms with Crippen molar-refractivity contribution >= 4 is 85.5 Å². The Morgan fingerprint density at radius 2 is 1.97 bits per heavy atom. The second kappa shape index (κ2) is 9.09. The van der Waals surface area contributed by atoms with E-state index in [1.165, 1.54) is 18.4 Å². The topological polar surface area (TPSA) is 67.6 Å².